The van der Waals surface area contributed by atoms with Crippen LogP contribution < -0.4 is 10.6 Å². The molecule has 3 aromatic rings. The molecular weight excluding hydrogens is 468 g/mol. The number of halogens is 4. The maximum atomic E-state index is 12.4. The van der Waals surface area contributed by atoms with Gasteiger partial charge in [0.1, 0.15) is 5.69 Å². The van der Waals surface area contributed by atoms with E-state index in [1.165, 1.54) is 18.3 Å². The summed E-state index contributed by atoms with van der Waals surface area (Å²) in [5, 5.41) is 7.20. The second-order valence-corrected chi connectivity index (χ2v) is 7.92. The standard InChI is InChI=1S/C21H15Cl4N3O2/c22-15-3-1-12(7-17(15)24)10-27-20(29)14-5-6-26-19(9-14)21(30)28-11-13-2-4-16(23)18(25)8-13/h1-9H,10-11H2,(H,27,29)(H,28,30). The molecule has 0 bridgehead atoms. The number of hydrogen-bond donors (Lipinski definition) is 2. The van der Waals surface area contributed by atoms with Gasteiger partial charge in [-0.15, -0.1) is 0 Å². The fourth-order valence-electron chi connectivity index (χ4n) is 2.55. The Hall–Kier alpha value is -2.31. The zero-order chi connectivity index (χ0) is 21.7. The second-order valence-electron chi connectivity index (χ2n) is 6.29. The minimum atomic E-state index is -0.416. The van der Waals surface area contributed by atoms with Crippen molar-refractivity contribution in [3.05, 3.63) is 97.2 Å². The van der Waals surface area contributed by atoms with E-state index in [1.54, 1.807) is 36.4 Å². The fourth-order valence-corrected chi connectivity index (χ4v) is 3.19. The zero-order valence-corrected chi connectivity index (χ0v) is 18.4. The van der Waals surface area contributed by atoms with Crippen LogP contribution in [0.15, 0.2) is 54.7 Å². The molecule has 2 aromatic carbocycles. The van der Waals surface area contributed by atoms with Crippen LogP contribution in [0.5, 0.6) is 0 Å². The zero-order valence-electron chi connectivity index (χ0n) is 15.4. The average molecular weight is 483 g/mol. The van der Waals surface area contributed by atoms with E-state index in [4.69, 9.17) is 46.4 Å². The third-order valence-corrected chi connectivity index (χ3v) is 5.61. The summed E-state index contributed by atoms with van der Waals surface area (Å²) in [5.41, 5.74) is 2.02. The van der Waals surface area contributed by atoms with Crippen LogP contribution in [0, 0.1) is 0 Å². The summed E-state index contributed by atoms with van der Waals surface area (Å²) in [4.78, 5) is 28.9. The van der Waals surface area contributed by atoms with Gasteiger partial charge in [-0.2, -0.15) is 0 Å². The molecule has 0 spiro atoms. The van der Waals surface area contributed by atoms with E-state index in [-0.39, 0.29) is 24.7 Å². The number of carbonyl (C=O) groups excluding carboxylic acids is 2. The van der Waals surface area contributed by atoms with Crippen molar-refractivity contribution in [1.82, 2.24) is 15.6 Å². The van der Waals surface area contributed by atoms with E-state index in [0.717, 1.165) is 11.1 Å². The van der Waals surface area contributed by atoms with Gasteiger partial charge in [-0.3, -0.25) is 14.6 Å². The van der Waals surface area contributed by atoms with Gasteiger partial charge in [0.25, 0.3) is 11.8 Å². The number of nitrogens with one attached hydrogen (secondary N) is 2. The summed E-state index contributed by atoms with van der Waals surface area (Å²) in [7, 11) is 0. The highest BCUT2D eigenvalue weighted by atomic mass is 35.5. The Morgan fingerprint density at radius 2 is 1.23 bits per heavy atom. The molecule has 0 aliphatic carbocycles. The summed E-state index contributed by atoms with van der Waals surface area (Å²) < 4.78 is 0. The van der Waals surface area contributed by atoms with Gasteiger partial charge in [-0.1, -0.05) is 58.5 Å². The Labute approximate surface area is 193 Å². The Balaban J connectivity index is 1.61. The molecule has 0 saturated carbocycles. The fraction of sp³-hybridized carbons (Fsp3) is 0.0952. The van der Waals surface area contributed by atoms with Crippen molar-refractivity contribution < 1.29 is 9.59 Å². The van der Waals surface area contributed by atoms with Crippen molar-refractivity contribution in [2.75, 3.05) is 0 Å². The molecule has 9 heteroatoms. The van der Waals surface area contributed by atoms with Crippen LogP contribution >= 0.6 is 46.4 Å². The smallest absolute Gasteiger partial charge is 0.270 e. The second kappa shape index (κ2) is 10.1. The molecule has 1 aromatic heterocycles. The minimum Gasteiger partial charge on any atom is -0.348 e. The number of nitrogens with zero attached hydrogens (tertiary/aromatic N) is 1. The molecule has 0 fully saturated rings. The number of aromatic nitrogens is 1. The molecular formula is C21H15Cl4N3O2. The third-order valence-electron chi connectivity index (χ3n) is 4.13. The SMILES string of the molecule is O=C(NCc1ccc(Cl)c(Cl)c1)c1ccnc(C(=O)NCc2ccc(Cl)c(Cl)c2)c1. The maximum absolute atomic E-state index is 12.4. The summed E-state index contributed by atoms with van der Waals surface area (Å²) >= 11 is 23.7. The van der Waals surface area contributed by atoms with Crippen LogP contribution in [0.3, 0.4) is 0 Å². The summed E-state index contributed by atoms with van der Waals surface area (Å²) in [6.07, 6.45) is 1.40. The van der Waals surface area contributed by atoms with Crippen molar-refractivity contribution >= 4 is 58.2 Å². The number of rotatable bonds is 6. The summed E-state index contributed by atoms with van der Waals surface area (Å²) in [5.74, 6) is -0.762. The first-order valence-electron chi connectivity index (χ1n) is 8.74. The number of amides is 2. The van der Waals surface area contributed by atoms with Crippen molar-refractivity contribution in [3.63, 3.8) is 0 Å². The Kier molecular flexibility index (Phi) is 7.56. The molecule has 0 aliphatic heterocycles. The lowest BCUT2D eigenvalue weighted by molar-refractivity contribution is 0.0946. The van der Waals surface area contributed by atoms with Gasteiger partial charge in [0.2, 0.25) is 0 Å². The highest BCUT2D eigenvalue weighted by molar-refractivity contribution is 6.42. The van der Waals surface area contributed by atoms with Crippen LogP contribution in [0.4, 0.5) is 0 Å². The van der Waals surface area contributed by atoms with Gasteiger partial charge in [-0.05, 0) is 47.5 Å². The number of hydrogen-bond acceptors (Lipinski definition) is 3. The Morgan fingerprint density at radius 3 is 1.77 bits per heavy atom. The van der Waals surface area contributed by atoms with E-state index in [9.17, 15) is 9.59 Å². The Morgan fingerprint density at radius 1 is 0.700 bits per heavy atom. The van der Waals surface area contributed by atoms with Gasteiger partial charge in [-0.25, -0.2) is 0 Å². The molecule has 0 aliphatic rings. The molecule has 1 heterocycles. The molecule has 0 radical (unpaired) electrons. The van der Waals surface area contributed by atoms with Gasteiger partial charge in [0, 0.05) is 24.8 Å². The highest BCUT2D eigenvalue weighted by Gasteiger charge is 2.12. The van der Waals surface area contributed by atoms with E-state index in [2.05, 4.69) is 15.6 Å². The van der Waals surface area contributed by atoms with Gasteiger partial charge in [0.05, 0.1) is 20.1 Å². The molecule has 0 unspecified atom stereocenters. The first kappa shape index (κ1) is 22.4. The first-order chi connectivity index (χ1) is 14.3. The number of pyridine rings is 1. The molecule has 30 heavy (non-hydrogen) atoms. The van der Waals surface area contributed by atoms with Crippen LogP contribution in [-0.2, 0) is 13.1 Å². The lowest BCUT2D eigenvalue weighted by atomic mass is 10.2. The van der Waals surface area contributed by atoms with E-state index >= 15 is 0 Å². The topological polar surface area (TPSA) is 71.1 Å². The van der Waals surface area contributed by atoms with Crippen LogP contribution in [0.2, 0.25) is 20.1 Å². The number of carbonyl (C=O) groups is 2. The van der Waals surface area contributed by atoms with E-state index in [1.807, 2.05) is 0 Å². The van der Waals surface area contributed by atoms with Gasteiger partial charge < -0.3 is 10.6 Å². The highest BCUT2D eigenvalue weighted by Crippen LogP contribution is 2.23. The van der Waals surface area contributed by atoms with Gasteiger partial charge in [0.15, 0.2) is 0 Å². The first-order valence-corrected chi connectivity index (χ1v) is 10.2. The van der Waals surface area contributed by atoms with Crippen LogP contribution in [0.1, 0.15) is 32.0 Å². The Bertz CT molecular complexity index is 1020. The van der Waals surface area contributed by atoms with Gasteiger partial charge >= 0.3 is 0 Å². The van der Waals surface area contributed by atoms with Crippen LogP contribution in [0.25, 0.3) is 0 Å². The van der Waals surface area contributed by atoms with Crippen molar-refractivity contribution in [2.45, 2.75) is 13.1 Å². The molecule has 3 rings (SSSR count). The third kappa shape index (κ3) is 5.86. The lowest BCUT2D eigenvalue weighted by Gasteiger charge is -2.09. The number of benzene rings is 2. The maximum Gasteiger partial charge on any atom is 0.270 e. The average Bonchev–Trinajstić information content (AvgIpc) is 2.75. The largest absolute Gasteiger partial charge is 0.348 e. The van der Waals surface area contributed by atoms with Crippen molar-refractivity contribution in [1.29, 1.82) is 0 Å². The normalized spacial score (nSPS) is 10.5. The molecule has 0 saturated heterocycles. The molecule has 2 N–H and O–H groups in total. The molecule has 5 nitrogen and oxygen atoms in total. The minimum absolute atomic E-state index is 0.122. The predicted molar refractivity (Wildman–Crippen MR) is 120 cm³/mol. The van der Waals surface area contributed by atoms with Crippen LogP contribution in [-0.4, -0.2) is 16.8 Å². The lowest BCUT2D eigenvalue weighted by Crippen LogP contribution is -2.26. The van der Waals surface area contributed by atoms with E-state index < -0.39 is 5.91 Å². The van der Waals surface area contributed by atoms with E-state index in [0.29, 0.717) is 25.7 Å². The molecule has 0 atom stereocenters. The summed E-state index contributed by atoms with van der Waals surface area (Å²) in [6.45, 7) is 0.502. The predicted octanol–water partition coefficient (Wildman–Crippen LogP) is 5.56. The van der Waals surface area contributed by atoms with Crippen molar-refractivity contribution in [2.24, 2.45) is 0 Å². The van der Waals surface area contributed by atoms with Crippen molar-refractivity contribution in [3.8, 4) is 0 Å². The monoisotopic (exact) mass is 481 g/mol. The summed E-state index contributed by atoms with van der Waals surface area (Å²) in [6, 6.07) is 13.1. The molecule has 2 amide bonds. The quantitative estimate of drug-likeness (QED) is 0.483. The molecule has 154 valence electrons.